The summed E-state index contributed by atoms with van der Waals surface area (Å²) in [6.45, 7) is 0.508. The molecule has 0 N–H and O–H groups in total. The van der Waals surface area contributed by atoms with Gasteiger partial charge in [0.2, 0.25) is 0 Å². The highest BCUT2D eigenvalue weighted by Crippen LogP contribution is 2.40. The standard InChI is InChI=1S/C19H12ClF6N5/c20-16-13(9-27)15(19(24,25)26)14(10-28)17(29-16)31-6-4-30(5-7-31)12-3-1-2-11(8-12)18(21,22)23/h1-3,8H,4-7H2. The molecule has 0 saturated carbocycles. The van der Waals surface area contributed by atoms with Gasteiger partial charge in [-0.15, -0.1) is 0 Å². The van der Waals surface area contributed by atoms with Crippen molar-refractivity contribution in [1.82, 2.24) is 4.98 Å². The minimum absolute atomic E-state index is 0.0808. The molecular formula is C19H12ClF6N5. The fraction of sp³-hybridized carbons (Fsp3) is 0.316. The van der Waals surface area contributed by atoms with Gasteiger partial charge in [-0.3, -0.25) is 0 Å². The molecule has 1 aliphatic heterocycles. The number of aromatic nitrogens is 1. The Bertz CT molecular complexity index is 1080. The second kappa shape index (κ2) is 8.16. The van der Waals surface area contributed by atoms with Crippen molar-refractivity contribution >= 4 is 23.1 Å². The van der Waals surface area contributed by atoms with Crippen LogP contribution in [0.15, 0.2) is 24.3 Å². The minimum atomic E-state index is -5.00. The molecule has 0 unspecified atom stereocenters. The van der Waals surface area contributed by atoms with Crippen molar-refractivity contribution in [1.29, 1.82) is 10.5 Å². The Labute approximate surface area is 177 Å². The Balaban J connectivity index is 1.91. The summed E-state index contributed by atoms with van der Waals surface area (Å²) in [7, 11) is 0. The van der Waals surface area contributed by atoms with Gasteiger partial charge in [0.05, 0.1) is 11.1 Å². The van der Waals surface area contributed by atoms with Crippen molar-refractivity contribution in [3.63, 3.8) is 0 Å². The van der Waals surface area contributed by atoms with E-state index in [9.17, 15) is 31.6 Å². The number of hydrogen-bond donors (Lipinski definition) is 0. The van der Waals surface area contributed by atoms with E-state index in [1.54, 1.807) is 4.90 Å². The molecule has 0 aliphatic carbocycles. The van der Waals surface area contributed by atoms with Crippen LogP contribution in [0.5, 0.6) is 0 Å². The van der Waals surface area contributed by atoms with Crippen molar-refractivity contribution < 1.29 is 26.3 Å². The highest BCUT2D eigenvalue weighted by atomic mass is 35.5. The lowest BCUT2D eigenvalue weighted by molar-refractivity contribution is -0.138. The summed E-state index contributed by atoms with van der Waals surface area (Å²) in [5.41, 5.74) is -3.70. The molecule has 0 spiro atoms. The lowest BCUT2D eigenvalue weighted by Gasteiger charge is -2.37. The number of halogens is 7. The quantitative estimate of drug-likeness (QED) is 0.475. The molecule has 1 aliphatic rings. The van der Waals surface area contributed by atoms with Gasteiger partial charge >= 0.3 is 12.4 Å². The second-order valence-corrected chi connectivity index (χ2v) is 6.95. The number of anilines is 2. The van der Waals surface area contributed by atoms with Crippen LogP contribution < -0.4 is 9.80 Å². The number of pyridine rings is 1. The van der Waals surface area contributed by atoms with Crippen molar-refractivity contribution in [3.8, 4) is 12.1 Å². The zero-order chi connectivity index (χ0) is 23.0. The first-order valence-electron chi connectivity index (χ1n) is 8.75. The molecule has 5 nitrogen and oxygen atoms in total. The van der Waals surface area contributed by atoms with Crippen molar-refractivity contribution in [3.05, 3.63) is 51.7 Å². The fourth-order valence-electron chi connectivity index (χ4n) is 3.32. The predicted molar refractivity (Wildman–Crippen MR) is 99.5 cm³/mol. The van der Waals surface area contributed by atoms with Gasteiger partial charge in [0.15, 0.2) is 0 Å². The molecular weight excluding hydrogens is 448 g/mol. The molecule has 1 aromatic carbocycles. The normalized spacial score (nSPS) is 14.9. The number of alkyl halides is 6. The summed E-state index contributed by atoms with van der Waals surface area (Å²) in [5.74, 6) is -0.317. The van der Waals surface area contributed by atoms with Crippen LogP contribution in [0.1, 0.15) is 22.3 Å². The SMILES string of the molecule is N#Cc1c(Cl)nc(N2CCN(c3cccc(C(F)(F)F)c3)CC2)c(C#N)c1C(F)(F)F. The van der Waals surface area contributed by atoms with E-state index >= 15 is 0 Å². The van der Waals surface area contributed by atoms with Gasteiger partial charge in [0, 0.05) is 31.9 Å². The zero-order valence-corrected chi connectivity index (χ0v) is 16.3. The van der Waals surface area contributed by atoms with Crippen LogP contribution in [-0.2, 0) is 12.4 Å². The molecule has 31 heavy (non-hydrogen) atoms. The van der Waals surface area contributed by atoms with E-state index < -0.39 is 39.8 Å². The van der Waals surface area contributed by atoms with E-state index in [4.69, 9.17) is 16.9 Å². The molecule has 0 atom stereocenters. The number of nitriles is 2. The van der Waals surface area contributed by atoms with Gasteiger partial charge in [-0.1, -0.05) is 17.7 Å². The maximum atomic E-state index is 13.5. The minimum Gasteiger partial charge on any atom is -0.368 e. The number of benzene rings is 1. The molecule has 1 aromatic heterocycles. The van der Waals surface area contributed by atoms with Crippen LogP contribution in [0.2, 0.25) is 5.15 Å². The third-order valence-corrected chi connectivity index (χ3v) is 5.03. The van der Waals surface area contributed by atoms with Gasteiger partial charge in [0.1, 0.15) is 34.2 Å². The Hall–Kier alpha value is -3.18. The summed E-state index contributed by atoms with van der Waals surface area (Å²) >= 11 is 5.79. The van der Waals surface area contributed by atoms with E-state index in [-0.39, 0.29) is 32.0 Å². The van der Waals surface area contributed by atoms with E-state index in [2.05, 4.69) is 4.98 Å². The average Bonchev–Trinajstić information content (AvgIpc) is 2.72. The Kier molecular flexibility index (Phi) is 5.92. The number of piperazine rings is 1. The molecule has 0 radical (unpaired) electrons. The Morgan fingerprint density at radius 2 is 1.45 bits per heavy atom. The molecule has 12 heteroatoms. The molecule has 1 fully saturated rings. The largest absolute Gasteiger partial charge is 0.419 e. The van der Waals surface area contributed by atoms with E-state index in [1.807, 2.05) is 0 Å². The van der Waals surface area contributed by atoms with Crippen LogP contribution >= 0.6 is 11.6 Å². The van der Waals surface area contributed by atoms with Crippen molar-refractivity contribution in [2.24, 2.45) is 0 Å². The number of nitrogens with zero attached hydrogens (tertiary/aromatic N) is 5. The third kappa shape index (κ3) is 4.47. The molecule has 0 bridgehead atoms. The zero-order valence-electron chi connectivity index (χ0n) is 15.5. The molecule has 162 valence electrons. The highest BCUT2D eigenvalue weighted by molar-refractivity contribution is 6.30. The topological polar surface area (TPSA) is 67.0 Å². The average molecular weight is 460 g/mol. The maximum absolute atomic E-state index is 13.5. The van der Waals surface area contributed by atoms with Gasteiger partial charge < -0.3 is 9.80 Å². The predicted octanol–water partition coefficient (Wildman–Crippen LogP) is 4.84. The van der Waals surface area contributed by atoms with Crippen LogP contribution in [-0.4, -0.2) is 31.2 Å². The molecule has 1 saturated heterocycles. The van der Waals surface area contributed by atoms with Gasteiger partial charge in [-0.05, 0) is 18.2 Å². The fourth-order valence-corrected chi connectivity index (χ4v) is 3.54. The van der Waals surface area contributed by atoms with Gasteiger partial charge in [0.25, 0.3) is 0 Å². The van der Waals surface area contributed by atoms with Gasteiger partial charge in [-0.25, -0.2) is 4.98 Å². The van der Waals surface area contributed by atoms with Crippen LogP contribution in [0, 0.1) is 22.7 Å². The lowest BCUT2D eigenvalue weighted by Crippen LogP contribution is -2.47. The first-order chi connectivity index (χ1) is 14.5. The third-order valence-electron chi connectivity index (χ3n) is 4.76. The molecule has 2 aromatic rings. The summed E-state index contributed by atoms with van der Waals surface area (Å²) in [4.78, 5) is 6.88. The summed E-state index contributed by atoms with van der Waals surface area (Å²) < 4.78 is 79.4. The van der Waals surface area contributed by atoms with Crippen LogP contribution in [0.4, 0.5) is 37.8 Å². The van der Waals surface area contributed by atoms with Crippen molar-refractivity contribution in [2.75, 3.05) is 36.0 Å². The second-order valence-electron chi connectivity index (χ2n) is 6.59. The van der Waals surface area contributed by atoms with Gasteiger partial charge in [-0.2, -0.15) is 36.9 Å². The Morgan fingerprint density at radius 3 is 1.97 bits per heavy atom. The lowest BCUT2D eigenvalue weighted by atomic mass is 10.0. The molecule has 3 rings (SSSR count). The van der Waals surface area contributed by atoms with E-state index in [0.717, 1.165) is 12.1 Å². The monoisotopic (exact) mass is 459 g/mol. The molecule has 0 amide bonds. The summed E-state index contributed by atoms with van der Waals surface area (Å²) in [6.07, 6.45) is -9.51. The first kappa shape index (κ1) is 22.5. The van der Waals surface area contributed by atoms with Crippen LogP contribution in [0.25, 0.3) is 0 Å². The summed E-state index contributed by atoms with van der Waals surface area (Å²) in [5, 5.41) is 17.7. The number of rotatable bonds is 2. The smallest absolute Gasteiger partial charge is 0.368 e. The maximum Gasteiger partial charge on any atom is 0.419 e. The highest BCUT2D eigenvalue weighted by Gasteiger charge is 2.41. The summed E-state index contributed by atoms with van der Waals surface area (Å²) in [6, 6.07) is 7.52. The first-order valence-corrected chi connectivity index (χ1v) is 9.13. The number of hydrogen-bond acceptors (Lipinski definition) is 5. The van der Waals surface area contributed by atoms with Crippen LogP contribution in [0.3, 0.4) is 0 Å². The van der Waals surface area contributed by atoms with E-state index in [0.29, 0.717) is 5.69 Å². The van der Waals surface area contributed by atoms with Crippen molar-refractivity contribution in [2.45, 2.75) is 12.4 Å². The van der Waals surface area contributed by atoms with E-state index in [1.165, 1.54) is 29.2 Å². The Morgan fingerprint density at radius 1 is 0.871 bits per heavy atom. The molecule has 2 heterocycles.